The van der Waals surface area contributed by atoms with Crippen LogP contribution in [0.1, 0.15) is 12.5 Å². The summed E-state index contributed by atoms with van der Waals surface area (Å²) in [6, 6.07) is 16.2. The molecule has 0 heterocycles. The summed E-state index contributed by atoms with van der Waals surface area (Å²) < 4.78 is 0. The van der Waals surface area contributed by atoms with E-state index < -0.39 is 0 Å². The predicted octanol–water partition coefficient (Wildman–Crippen LogP) is 3.48. The molecule has 0 aliphatic heterocycles. The van der Waals surface area contributed by atoms with Crippen LogP contribution in [0, 0.1) is 0 Å². The number of aryl methyl sites for hydroxylation is 1. The Bertz CT molecular complexity index is 506. The number of hydrogen-bond donors (Lipinski definition) is 1. The van der Waals surface area contributed by atoms with Crippen molar-refractivity contribution in [3.63, 3.8) is 0 Å². The van der Waals surface area contributed by atoms with Crippen molar-refractivity contribution in [1.29, 1.82) is 0 Å². The van der Waals surface area contributed by atoms with Crippen molar-refractivity contribution in [3.8, 4) is 11.1 Å². The van der Waals surface area contributed by atoms with E-state index in [0.29, 0.717) is 0 Å². The number of rotatable bonds is 4. The highest BCUT2D eigenvalue weighted by Gasteiger charge is 2.07. The molecule has 86 valence electrons. The molecule has 0 aliphatic rings. The van der Waals surface area contributed by atoms with Gasteiger partial charge in [-0.05, 0) is 17.5 Å². The van der Waals surface area contributed by atoms with E-state index in [2.05, 4.69) is 12.2 Å². The molecule has 0 bridgehead atoms. The highest BCUT2D eigenvalue weighted by atomic mass is 16.1. The van der Waals surface area contributed by atoms with E-state index in [1.165, 1.54) is 0 Å². The topological polar surface area (TPSA) is 29.1 Å². The summed E-state index contributed by atoms with van der Waals surface area (Å²) in [6.45, 7) is 2.08. The zero-order chi connectivity index (χ0) is 12.1. The van der Waals surface area contributed by atoms with Crippen LogP contribution in [0.5, 0.6) is 0 Å². The first-order valence-corrected chi connectivity index (χ1v) is 5.74. The second-order valence-electron chi connectivity index (χ2n) is 3.82. The summed E-state index contributed by atoms with van der Waals surface area (Å²) in [6.07, 6.45) is 1.64. The highest BCUT2D eigenvalue weighted by molar-refractivity contribution is 5.87. The molecule has 0 radical (unpaired) electrons. The summed E-state index contributed by atoms with van der Waals surface area (Å²) in [4.78, 5) is 10.7. The second kappa shape index (κ2) is 5.30. The van der Waals surface area contributed by atoms with Gasteiger partial charge in [-0.25, -0.2) is 0 Å². The number of carbonyl (C=O) groups excluding carboxylic acids is 1. The number of nitrogens with one attached hydrogen (secondary N) is 1. The second-order valence-corrected chi connectivity index (χ2v) is 3.82. The lowest BCUT2D eigenvalue weighted by molar-refractivity contribution is -0.105. The van der Waals surface area contributed by atoms with Gasteiger partial charge in [0.15, 0.2) is 0 Å². The van der Waals surface area contributed by atoms with Crippen molar-refractivity contribution in [3.05, 3.63) is 54.1 Å². The molecule has 2 aromatic rings. The number of anilines is 1. The molecule has 0 aromatic heterocycles. The molecular weight excluding hydrogens is 210 g/mol. The first-order chi connectivity index (χ1) is 8.36. The van der Waals surface area contributed by atoms with Crippen LogP contribution in [0.3, 0.4) is 0 Å². The molecule has 0 saturated carbocycles. The Hall–Kier alpha value is -2.09. The number of benzene rings is 2. The molecule has 1 amide bonds. The third kappa shape index (κ3) is 2.36. The Morgan fingerprint density at radius 1 is 1.06 bits per heavy atom. The van der Waals surface area contributed by atoms with Gasteiger partial charge in [0, 0.05) is 5.56 Å². The van der Waals surface area contributed by atoms with Crippen molar-refractivity contribution in [2.24, 2.45) is 0 Å². The van der Waals surface area contributed by atoms with Crippen LogP contribution in [0.2, 0.25) is 0 Å². The largest absolute Gasteiger partial charge is 0.328 e. The maximum atomic E-state index is 10.7. The molecule has 0 atom stereocenters. The lowest BCUT2D eigenvalue weighted by Gasteiger charge is -2.12. The van der Waals surface area contributed by atoms with Gasteiger partial charge in [0.25, 0.3) is 0 Å². The van der Waals surface area contributed by atoms with E-state index in [4.69, 9.17) is 0 Å². The fourth-order valence-corrected chi connectivity index (χ4v) is 1.98. The first kappa shape index (κ1) is 11.4. The average molecular weight is 225 g/mol. The Labute approximate surface area is 101 Å². The van der Waals surface area contributed by atoms with Crippen LogP contribution in [-0.4, -0.2) is 6.41 Å². The van der Waals surface area contributed by atoms with Gasteiger partial charge in [-0.1, -0.05) is 55.5 Å². The number of carbonyl (C=O) groups is 1. The lowest BCUT2D eigenvalue weighted by atomic mass is 9.99. The van der Waals surface area contributed by atoms with Gasteiger partial charge in [-0.15, -0.1) is 0 Å². The van der Waals surface area contributed by atoms with Crippen molar-refractivity contribution >= 4 is 12.1 Å². The summed E-state index contributed by atoms with van der Waals surface area (Å²) in [5.41, 5.74) is 4.25. The maximum Gasteiger partial charge on any atom is 0.211 e. The lowest BCUT2D eigenvalue weighted by Crippen LogP contribution is -2.00. The standard InChI is InChI=1S/C15H15NO/c1-2-12-9-6-10-14(15(12)16-11-17)13-7-4-3-5-8-13/h3-11H,2H2,1H3,(H,16,17). The van der Waals surface area contributed by atoms with Crippen LogP contribution >= 0.6 is 0 Å². The van der Waals surface area contributed by atoms with Crippen molar-refractivity contribution < 1.29 is 4.79 Å². The van der Waals surface area contributed by atoms with E-state index in [0.717, 1.165) is 35.2 Å². The number of para-hydroxylation sites is 1. The molecule has 0 spiro atoms. The number of amides is 1. The van der Waals surface area contributed by atoms with Gasteiger partial charge in [-0.3, -0.25) is 4.79 Å². The van der Waals surface area contributed by atoms with E-state index >= 15 is 0 Å². The van der Waals surface area contributed by atoms with E-state index in [1.807, 2.05) is 48.5 Å². The molecule has 0 unspecified atom stereocenters. The minimum atomic E-state index is 0.737. The summed E-state index contributed by atoms with van der Waals surface area (Å²) in [5, 5.41) is 2.81. The predicted molar refractivity (Wildman–Crippen MR) is 70.9 cm³/mol. The molecule has 0 saturated heterocycles. The normalized spacial score (nSPS) is 9.94. The van der Waals surface area contributed by atoms with E-state index in [9.17, 15) is 4.79 Å². The van der Waals surface area contributed by atoms with Crippen LogP contribution < -0.4 is 5.32 Å². The minimum absolute atomic E-state index is 0.737. The monoisotopic (exact) mass is 225 g/mol. The molecule has 2 aromatic carbocycles. The Balaban J connectivity index is 2.57. The molecule has 2 nitrogen and oxygen atoms in total. The zero-order valence-electron chi connectivity index (χ0n) is 9.81. The summed E-state index contributed by atoms with van der Waals surface area (Å²) >= 11 is 0. The third-order valence-electron chi connectivity index (χ3n) is 2.82. The molecule has 2 rings (SSSR count). The molecule has 1 N–H and O–H groups in total. The molecule has 2 heteroatoms. The molecular formula is C15H15NO. The van der Waals surface area contributed by atoms with Gasteiger partial charge < -0.3 is 5.32 Å². The number of hydrogen-bond acceptors (Lipinski definition) is 1. The van der Waals surface area contributed by atoms with Crippen molar-refractivity contribution in [2.75, 3.05) is 5.32 Å². The van der Waals surface area contributed by atoms with Gasteiger partial charge in [0.2, 0.25) is 6.41 Å². The summed E-state index contributed by atoms with van der Waals surface area (Å²) in [5.74, 6) is 0. The fourth-order valence-electron chi connectivity index (χ4n) is 1.98. The Morgan fingerprint density at radius 2 is 1.82 bits per heavy atom. The Morgan fingerprint density at radius 3 is 2.47 bits per heavy atom. The quantitative estimate of drug-likeness (QED) is 0.793. The highest BCUT2D eigenvalue weighted by Crippen LogP contribution is 2.30. The first-order valence-electron chi connectivity index (χ1n) is 5.74. The van der Waals surface area contributed by atoms with Crippen LogP contribution in [-0.2, 0) is 11.2 Å². The van der Waals surface area contributed by atoms with Crippen LogP contribution in [0.25, 0.3) is 11.1 Å². The fraction of sp³-hybridized carbons (Fsp3) is 0.133. The van der Waals surface area contributed by atoms with E-state index in [-0.39, 0.29) is 0 Å². The van der Waals surface area contributed by atoms with Crippen LogP contribution in [0.4, 0.5) is 5.69 Å². The van der Waals surface area contributed by atoms with E-state index in [1.54, 1.807) is 0 Å². The van der Waals surface area contributed by atoms with Crippen molar-refractivity contribution in [1.82, 2.24) is 0 Å². The average Bonchev–Trinajstić information content (AvgIpc) is 2.40. The van der Waals surface area contributed by atoms with Gasteiger partial charge in [-0.2, -0.15) is 0 Å². The molecule has 17 heavy (non-hydrogen) atoms. The minimum Gasteiger partial charge on any atom is -0.328 e. The van der Waals surface area contributed by atoms with Gasteiger partial charge in [0.1, 0.15) is 0 Å². The molecule has 0 aliphatic carbocycles. The zero-order valence-corrected chi connectivity index (χ0v) is 9.81. The maximum absolute atomic E-state index is 10.7. The summed E-state index contributed by atoms with van der Waals surface area (Å²) in [7, 11) is 0. The third-order valence-corrected chi connectivity index (χ3v) is 2.82. The van der Waals surface area contributed by atoms with Crippen LogP contribution in [0.15, 0.2) is 48.5 Å². The Kier molecular flexibility index (Phi) is 3.55. The van der Waals surface area contributed by atoms with Crippen molar-refractivity contribution in [2.45, 2.75) is 13.3 Å². The van der Waals surface area contributed by atoms with Gasteiger partial charge in [0.05, 0.1) is 5.69 Å². The molecule has 0 fully saturated rings. The smallest absolute Gasteiger partial charge is 0.211 e. The van der Waals surface area contributed by atoms with Gasteiger partial charge >= 0.3 is 0 Å². The SMILES string of the molecule is CCc1cccc(-c2ccccc2)c1NC=O.